The van der Waals surface area contributed by atoms with Crippen molar-refractivity contribution in [1.29, 1.82) is 0 Å². The Morgan fingerprint density at radius 2 is 2.06 bits per heavy atom. The zero-order valence-electron chi connectivity index (χ0n) is 8.75. The highest BCUT2D eigenvalue weighted by atomic mass is 35.5. The molecule has 0 aromatic carbocycles. The van der Waals surface area contributed by atoms with Crippen LogP contribution in [0.5, 0.6) is 0 Å². The molecule has 94 valence electrons. The Morgan fingerprint density at radius 3 is 2.59 bits per heavy atom. The molecule has 2 aromatic heterocycles. The highest BCUT2D eigenvalue weighted by Crippen LogP contribution is 2.32. The maximum Gasteiger partial charge on any atom is 0.419 e. The number of alkyl halides is 4. The molecule has 2 nitrogen and oxygen atoms in total. The number of imidazole rings is 1. The van der Waals surface area contributed by atoms with Gasteiger partial charge in [-0.1, -0.05) is 0 Å². The third kappa shape index (κ3) is 2.35. The summed E-state index contributed by atoms with van der Waals surface area (Å²) in [5, 5.41) is 0. The first-order valence-electron chi connectivity index (χ1n) is 4.55. The molecule has 0 saturated carbocycles. The molecular weight excluding hydrogens is 276 g/mol. The lowest BCUT2D eigenvalue weighted by atomic mass is 10.2. The number of hydrogen-bond donors (Lipinski definition) is 0. The quantitative estimate of drug-likeness (QED) is 0.728. The summed E-state index contributed by atoms with van der Waals surface area (Å²) in [7, 11) is 0. The van der Waals surface area contributed by atoms with E-state index in [4.69, 9.17) is 11.6 Å². The molecule has 2 aromatic rings. The summed E-state index contributed by atoms with van der Waals surface area (Å²) >= 11 is 5.68. The lowest BCUT2D eigenvalue weighted by molar-refractivity contribution is -0.136. The van der Waals surface area contributed by atoms with E-state index < -0.39 is 11.7 Å². The second kappa shape index (κ2) is 4.74. The molecule has 2 heterocycles. The molecule has 0 atom stereocenters. The summed E-state index contributed by atoms with van der Waals surface area (Å²) < 4.78 is 39.4. The van der Waals surface area contributed by atoms with Gasteiger partial charge in [-0.2, -0.15) is 13.2 Å². The van der Waals surface area contributed by atoms with Gasteiger partial charge in [0.15, 0.2) is 0 Å². The first kappa shape index (κ1) is 14.1. The van der Waals surface area contributed by atoms with E-state index in [1.807, 2.05) is 0 Å². The Bertz CT molecular complexity index is 534. The highest BCUT2D eigenvalue weighted by Gasteiger charge is 2.34. The third-order valence-corrected chi connectivity index (χ3v) is 2.63. The molecule has 0 bridgehead atoms. The summed E-state index contributed by atoms with van der Waals surface area (Å²) in [5.41, 5.74) is 0.270. The standard InChI is InChI=1S/C10H8ClF3N2.ClH/c1-6-8(5-11)16-4-2-3-7(9(16)15-6)10(12,13)14;/h2-4H,5H2,1H3;1H. The smallest absolute Gasteiger partial charge is 0.302 e. The van der Waals surface area contributed by atoms with Crippen LogP contribution in [-0.4, -0.2) is 9.38 Å². The summed E-state index contributed by atoms with van der Waals surface area (Å²) in [6.45, 7) is 1.64. The van der Waals surface area contributed by atoms with Crippen LogP contribution in [0.1, 0.15) is 17.0 Å². The van der Waals surface area contributed by atoms with Crippen LogP contribution in [0.15, 0.2) is 18.3 Å². The number of pyridine rings is 1. The number of fused-ring (bicyclic) bond motifs is 1. The number of nitrogens with zero attached hydrogens (tertiary/aromatic N) is 2. The molecular formula is C10H9Cl2F3N2. The molecule has 0 spiro atoms. The van der Waals surface area contributed by atoms with Gasteiger partial charge >= 0.3 is 6.18 Å². The van der Waals surface area contributed by atoms with Crippen LogP contribution in [0, 0.1) is 6.92 Å². The van der Waals surface area contributed by atoms with Crippen LogP contribution >= 0.6 is 24.0 Å². The van der Waals surface area contributed by atoms with Crippen LogP contribution in [0.4, 0.5) is 13.2 Å². The fourth-order valence-corrected chi connectivity index (χ4v) is 1.93. The fourth-order valence-electron chi connectivity index (χ4n) is 1.61. The van der Waals surface area contributed by atoms with Gasteiger partial charge in [0.25, 0.3) is 0 Å². The number of rotatable bonds is 1. The van der Waals surface area contributed by atoms with E-state index in [2.05, 4.69) is 4.98 Å². The van der Waals surface area contributed by atoms with Gasteiger partial charge in [0, 0.05) is 6.20 Å². The Labute approximate surface area is 107 Å². The van der Waals surface area contributed by atoms with Gasteiger partial charge in [0.1, 0.15) is 5.65 Å². The topological polar surface area (TPSA) is 17.3 Å². The molecule has 0 amide bonds. The highest BCUT2D eigenvalue weighted by molar-refractivity contribution is 6.17. The molecule has 0 saturated heterocycles. The van der Waals surface area contributed by atoms with Crippen molar-refractivity contribution in [3.05, 3.63) is 35.3 Å². The molecule has 0 aliphatic rings. The lowest BCUT2D eigenvalue weighted by Gasteiger charge is -2.07. The molecule has 0 unspecified atom stereocenters. The van der Waals surface area contributed by atoms with Crippen molar-refractivity contribution in [1.82, 2.24) is 9.38 Å². The number of hydrogen-bond acceptors (Lipinski definition) is 1. The maximum atomic E-state index is 12.7. The average Bonchev–Trinajstić information content (AvgIpc) is 2.50. The molecule has 0 fully saturated rings. The maximum absolute atomic E-state index is 12.7. The lowest BCUT2D eigenvalue weighted by Crippen LogP contribution is -2.07. The number of aromatic nitrogens is 2. The first-order valence-corrected chi connectivity index (χ1v) is 5.08. The normalized spacial score (nSPS) is 11.6. The predicted octanol–water partition coefficient (Wildman–Crippen LogP) is 3.82. The number of aryl methyl sites for hydroxylation is 1. The van der Waals surface area contributed by atoms with E-state index in [0.29, 0.717) is 11.4 Å². The van der Waals surface area contributed by atoms with Crippen molar-refractivity contribution in [2.45, 2.75) is 19.0 Å². The van der Waals surface area contributed by atoms with Gasteiger partial charge in [0.05, 0.1) is 22.8 Å². The Kier molecular flexibility index (Phi) is 3.94. The zero-order valence-corrected chi connectivity index (χ0v) is 10.3. The fraction of sp³-hybridized carbons (Fsp3) is 0.300. The van der Waals surface area contributed by atoms with Gasteiger partial charge in [-0.15, -0.1) is 24.0 Å². The van der Waals surface area contributed by atoms with E-state index >= 15 is 0 Å². The minimum absolute atomic E-state index is 0. The average molecular weight is 285 g/mol. The van der Waals surface area contributed by atoms with Crippen molar-refractivity contribution in [2.75, 3.05) is 0 Å². The zero-order chi connectivity index (χ0) is 11.9. The van der Waals surface area contributed by atoms with Gasteiger partial charge in [0.2, 0.25) is 0 Å². The van der Waals surface area contributed by atoms with Crippen molar-refractivity contribution < 1.29 is 13.2 Å². The Morgan fingerprint density at radius 1 is 1.41 bits per heavy atom. The summed E-state index contributed by atoms with van der Waals surface area (Å²) in [6.07, 6.45) is -2.87. The summed E-state index contributed by atoms with van der Waals surface area (Å²) in [6, 6.07) is 2.35. The van der Waals surface area contributed by atoms with E-state index in [1.165, 1.54) is 16.7 Å². The van der Waals surface area contributed by atoms with E-state index in [9.17, 15) is 13.2 Å². The molecule has 0 aliphatic heterocycles. The predicted molar refractivity (Wildman–Crippen MR) is 61.7 cm³/mol. The van der Waals surface area contributed by atoms with Crippen LogP contribution in [0.2, 0.25) is 0 Å². The number of halogens is 5. The van der Waals surface area contributed by atoms with Crippen LogP contribution in [0.25, 0.3) is 5.65 Å². The van der Waals surface area contributed by atoms with Crippen LogP contribution in [-0.2, 0) is 12.1 Å². The summed E-state index contributed by atoms with van der Waals surface area (Å²) in [5.74, 6) is 0.133. The molecule has 2 rings (SSSR count). The largest absolute Gasteiger partial charge is 0.419 e. The van der Waals surface area contributed by atoms with Crippen molar-refractivity contribution in [3.63, 3.8) is 0 Å². The second-order valence-corrected chi connectivity index (χ2v) is 3.66. The second-order valence-electron chi connectivity index (χ2n) is 3.39. The first-order chi connectivity index (χ1) is 7.45. The minimum Gasteiger partial charge on any atom is -0.302 e. The molecule has 0 aliphatic carbocycles. The Balaban J connectivity index is 0.00000144. The third-order valence-electron chi connectivity index (χ3n) is 2.38. The minimum atomic E-state index is -4.40. The molecule has 0 N–H and O–H groups in total. The molecule has 7 heteroatoms. The van der Waals surface area contributed by atoms with Crippen molar-refractivity contribution >= 4 is 29.7 Å². The summed E-state index contributed by atoms with van der Waals surface area (Å²) in [4.78, 5) is 3.91. The SMILES string of the molecule is Cc1nc2c(C(F)(F)F)cccn2c1CCl.Cl. The monoisotopic (exact) mass is 284 g/mol. The molecule has 17 heavy (non-hydrogen) atoms. The van der Waals surface area contributed by atoms with Crippen LogP contribution in [0.3, 0.4) is 0 Å². The Hall–Kier alpha value is -0.940. The van der Waals surface area contributed by atoms with Gasteiger partial charge in [-0.25, -0.2) is 4.98 Å². The van der Waals surface area contributed by atoms with Crippen LogP contribution < -0.4 is 0 Å². The van der Waals surface area contributed by atoms with Gasteiger partial charge < -0.3 is 4.40 Å². The van der Waals surface area contributed by atoms with Gasteiger partial charge in [-0.05, 0) is 19.1 Å². The van der Waals surface area contributed by atoms with E-state index in [0.717, 1.165) is 6.07 Å². The van der Waals surface area contributed by atoms with E-state index in [1.54, 1.807) is 6.92 Å². The van der Waals surface area contributed by atoms with Gasteiger partial charge in [-0.3, -0.25) is 0 Å². The van der Waals surface area contributed by atoms with Crippen molar-refractivity contribution in [2.24, 2.45) is 0 Å². The molecule has 0 radical (unpaired) electrons. The van der Waals surface area contributed by atoms with Crippen molar-refractivity contribution in [3.8, 4) is 0 Å². The van der Waals surface area contributed by atoms with E-state index in [-0.39, 0.29) is 23.9 Å².